The molecule has 1 aliphatic heterocycles. The van der Waals surface area contributed by atoms with Crippen molar-refractivity contribution in [3.63, 3.8) is 0 Å². The smallest absolute Gasteiger partial charge is 0.0638 e. The normalized spacial score (nSPS) is 24.7. The highest BCUT2D eigenvalue weighted by molar-refractivity contribution is 4.86. The van der Waals surface area contributed by atoms with E-state index in [1.54, 1.807) is 7.11 Å². The zero-order chi connectivity index (χ0) is 11.1. The minimum absolute atomic E-state index is 0.384. The molecule has 0 saturated carbocycles. The maximum absolute atomic E-state index is 8.77. The van der Waals surface area contributed by atoms with Gasteiger partial charge in [-0.15, -0.1) is 0 Å². The van der Waals surface area contributed by atoms with Gasteiger partial charge in [0.25, 0.3) is 0 Å². The number of nitriles is 1. The number of rotatable bonds is 4. The van der Waals surface area contributed by atoms with Crippen molar-refractivity contribution < 1.29 is 4.74 Å². The second-order valence-corrected chi connectivity index (χ2v) is 4.14. The van der Waals surface area contributed by atoms with Gasteiger partial charge in [0, 0.05) is 26.2 Å². The Hall–Kier alpha value is -0.630. The summed E-state index contributed by atoms with van der Waals surface area (Å²) < 4.78 is 5.09. The van der Waals surface area contributed by atoms with E-state index in [9.17, 15) is 0 Å². The number of hydrogen-bond acceptors (Lipinski definition) is 4. The summed E-state index contributed by atoms with van der Waals surface area (Å²) in [4.78, 5) is 4.70. The molecule has 0 aromatic rings. The fraction of sp³-hybridized carbons (Fsp3) is 0.909. The fourth-order valence-electron chi connectivity index (χ4n) is 2.00. The van der Waals surface area contributed by atoms with Gasteiger partial charge in [-0.05, 0) is 26.6 Å². The Balaban J connectivity index is 2.44. The molecule has 0 N–H and O–H groups in total. The summed E-state index contributed by atoms with van der Waals surface area (Å²) in [5.41, 5.74) is 0. The topological polar surface area (TPSA) is 39.5 Å². The maximum atomic E-state index is 8.77. The van der Waals surface area contributed by atoms with Crippen LogP contribution in [0.4, 0.5) is 0 Å². The Morgan fingerprint density at radius 3 is 2.93 bits per heavy atom. The van der Waals surface area contributed by atoms with E-state index in [2.05, 4.69) is 22.9 Å². The molecule has 0 aromatic heterocycles. The molecule has 1 atom stereocenters. The Bertz CT molecular complexity index is 212. The highest BCUT2D eigenvalue weighted by Gasteiger charge is 2.21. The molecule has 0 spiro atoms. The first-order valence-corrected chi connectivity index (χ1v) is 5.56. The van der Waals surface area contributed by atoms with Crippen LogP contribution in [0.1, 0.15) is 12.8 Å². The molecule has 1 aliphatic rings. The van der Waals surface area contributed by atoms with E-state index in [0.29, 0.717) is 12.5 Å². The summed E-state index contributed by atoms with van der Waals surface area (Å²) in [6, 6.07) is 2.66. The Labute approximate surface area is 92.4 Å². The molecule has 1 fully saturated rings. The van der Waals surface area contributed by atoms with Crippen LogP contribution in [0.5, 0.6) is 0 Å². The number of likely N-dealkylation sites (N-methyl/N-ethyl adjacent to an activating group) is 1. The summed E-state index contributed by atoms with van der Waals surface area (Å²) in [5, 5.41) is 8.77. The first kappa shape index (κ1) is 12.4. The zero-order valence-electron chi connectivity index (χ0n) is 9.78. The van der Waals surface area contributed by atoms with Crippen LogP contribution in [0.15, 0.2) is 0 Å². The average Bonchev–Trinajstić information content (AvgIpc) is 2.40. The van der Waals surface area contributed by atoms with Crippen molar-refractivity contribution in [2.75, 3.05) is 46.9 Å². The summed E-state index contributed by atoms with van der Waals surface area (Å²) in [7, 11) is 3.85. The molecule has 1 heterocycles. The van der Waals surface area contributed by atoms with E-state index in [-0.39, 0.29) is 0 Å². The predicted octanol–water partition coefficient (Wildman–Crippen LogP) is 0.553. The second-order valence-electron chi connectivity index (χ2n) is 4.14. The first-order valence-electron chi connectivity index (χ1n) is 5.56. The molecule has 0 amide bonds. The fourth-order valence-corrected chi connectivity index (χ4v) is 2.00. The number of methoxy groups -OCH3 is 1. The highest BCUT2D eigenvalue weighted by Crippen LogP contribution is 2.10. The lowest BCUT2D eigenvalue weighted by Crippen LogP contribution is -2.39. The van der Waals surface area contributed by atoms with Crippen LogP contribution in [0.2, 0.25) is 0 Å². The van der Waals surface area contributed by atoms with E-state index in [1.807, 2.05) is 0 Å². The van der Waals surface area contributed by atoms with Gasteiger partial charge in [0.1, 0.15) is 0 Å². The highest BCUT2D eigenvalue weighted by atomic mass is 16.5. The second kappa shape index (κ2) is 6.78. The van der Waals surface area contributed by atoms with Gasteiger partial charge in [-0.25, -0.2) is 0 Å². The number of nitrogens with zero attached hydrogens (tertiary/aromatic N) is 3. The lowest BCUT2D eigenvalue weighted by Gasteiger charge is -2.26. The van der Waals surface area contributed by atoms with Gasteiger partial charge in [-0.1, -0.05) is 0 Å². The van der Waals surface area contributed by atoms with Crippen LogP contribution in [0.25, 0.3) is 0 Å². The van der Waals surface area contributed by atoms with Gasteiger partial charge in [-0.3, -0.25) is 4.90 Å². The molecule has 4 heteroatoms. The number of ether oxygens (including phenoxy) is 1. The van der Waals surface area contributed by atoms with Crippen LogP contribution in [-0.2, 0) is 4.74 Å². The molecular weight excluding hydrogens is 190 g/mol. The van der Waals surface area contributed by atoms with Gasteiger partial charge in [0.15, 0.2) is 0 Å². The Morgan fingerprint density at radius 1 is 1.47 bits per heavy atom. The summed E-state index contributed by atoms with van der Waals surface area (Å²) in [6.45, 7) is 4.97. The quantitative estimate of drug-likeness (QED) is 0.681. The van der Waals surface area contributed by atoms with E-state index in [0.717, 1.165) is 32.8 Å². The summed E-state index contributed by atoms with van der Waals surface area (Å²) in [6.07, 6.45) is 1.81. The minimum atomic E-state index is 0.384. The van der Waals surface area contributed by atoms with Crippen molar-refractivity contribution in [3.8, 4) is 6.07 Å². The SMILES string of the molecule is COCCN1CCCN(C)C(CC#N)C1. The molecule has 0 aromatic carbocycles. The van der Waals surface area contributed by atoms with Gasteiger partial charge in [-0.2, -0.15) is 5.26 Å². The lowest BCUT2D eigenvalue weighted by atomic mass is 10.2. The molecule has 0 aliphatic carbocycles. The third kappa shape index (κ3) is 4.17. The van der Waals surface area contributed by atoms with E-state index >= 15 is 0 Å². The summed E-state index contributed by atoms with van der Waals surface area (Å²) >= 11 is 0. The van der Waals surface area contributed by atoms with Crippen LogP contribution >= 0.6 is 0 Å². The van der Waals surface area contributed by atoms with Crippen molar-refractivity contribution in [3.05, 3.63) is 0 Å². The molecule has 1 unspecified atom stereocenters. The minimum Gasteiger partial charge on any atom is -0.383 e. The lowest BCUT2D eigenvalue weighted by molar-refractivity contribution is 0.138. The molecule has 86 valence electrons. The van der Waals surface area contributed by atoms with E-state index in [1.165, 1.54) is 6.42 Å². The molecular formula is C11H21N3O. The first-order chi connectivity index (χ1) is 7.27. The van der Waals surface area contributed by atoms with Crippen LogP contribution in [0, 0.1) is 11.3 Å². The van der Waals surface area contributed by atoms with Crippen molar-refractivity contribution in [1.29, 1.82) is 5.26 Å². The van der Waals surface area contributed by atoms with Crippen LogP contribution in [-0.4, -0.2) is 62.8 Å². The standard InChI is InChI=1S/C11H21N3O/c1-13-6-3-7-14(8-9-15-2)10-11(13)4-5-12/h11H,3-4,6-10H2,1-2H3. The van der Waals surface area contributed by atoms with Gasteiger partial charge in [0.2, 0.25) is 0 Å². The largest absolute Gasteiger partial charge is 0.383 e. The van der Waals surface area contributed by atoms with Crippen LogP contribution in [0.3, 0.4) is 0 Å². The monoisotopic (exact) mass is 211 g/mol. The Kier molecular flexibility index (Phi) is 5.62. The molecule has 15 heavy (non-hydrogen) atoms. The number of hydrogen-bond donors (Lipinski definition) is 0. The van der Waals surface area contributed by atoms with Crippen molar-refractivity contribution >= 4 is 0 Å². The van der Waals surface area contributed by atoms with E-state index < -0.39 is 0 Å². The van der Waals surface area contributed by atoms with Crippen molar-refractivity contribution in [2.45, 2.75) is 18.9 Å². The molecule has 4 nitrogen and oxygen atoms in total. The van der Waals surface area contributed by atoms with Gasteiger partial charge >= 0.3 is 0 Å². The maximum Gasteiger partial charge on any atom is 0.0638 e. The average molecular weight is 211 g/mol. The zero-order valence-corrected chi connectivity index (χ0v) is 9.78. The Morgan fingerprint density at radius 2 is 2.27 bits per heavy atom. The molecule has 0 bridgehead atoms. The molecule has 1 rings (SSSR count). The predicted molar refractivity (Wildman–Crippen MR) is 59.6 cm³/mol. The molecule has 0 radical (unpaired) electrons. The third-order valence-electron chi connectivity index (χ3n) is 3.02. The van der Waals surface area contributed by atoms with Crippen molar-refractivity contribution in [1.82, 2.24) is 9.80 Å². The summed E-state index contributed by atoms with van der Waals surface area (Å²) in [5.74, 6) is 0. The third-order valence-corrected chi connectivity index (χ3v) is 3.02. The van der Waals surface area contributed by atoms with Crippen LogP contribution < -0.4 is 0 Å². The van der Waals surface area contributed by atoms with Crippen molar-refractivity contribution in [2.24, 2.45) is 0 Å². The van der Waals surface area contributed by atoms with E-state index in [4.69, 9.17) is 10.00 Å². The van der Waals surface area contributed by atoms with Gasteiger partial charge < -0.3 is 9.64 Å². The molecule has 1 saturated heterocycles. The van der Waals surface area contributed by atoms with Gasteiger partial charge in [0.05, 0.1) is 19.1 Å².